The van der Waals surface area contributed by atoms with Crippen LogP contribution in [0.5, 0.6) is 5.75 Å². The second-order valence-corrected chi connectivity index (χ2v) is 11.0. The van der Waals surface area contributed by atoms with Crippen molar-refractivity contribution in [2.24, 2.45) is 0 Å². The molecule has 0 aliphatic carbocycles. The summed E-state index contributed by atoms with van der Waals surface area (Å²) in [5.41, 5.74) is 3.29. The standard InChI is InChI=1S/C31H25ClN2O4S/c1-2-19-34-28-18-13-24(32)20-27(28)29(23-11-7-4-8-12-23)30(39(34,36)37)31(35)33-25-14-16-26(17-15-25)38-21-22-9-5-3-6-10-22/h2-18,20H,1,19,21H2,(H,33,35). The molecule has 0 spiro atoms. The quantitative estimate of drug-likeness (QED) is 0.246. The molecule has 0 unspecified atom stereocenters. The summed E-state index contributed by atoms with van der Waals surface area (Å²) in [5, 5.41) is 3.18. The summed E-state index contributed by atoms with van der Waals surface area (Å²) >= 11 is 6.34. The maximum Gasteiger partial charge on any atom is 0.270 e. The number of carbonyl (C=O) groups excluding carboxylic acids is 1. The average Bonchev–Trinajstić information content (AvgIpc) is 2.95. The maximum absolute atomic E-state index is 13.9. The second kappa shape index (κ2) is 11.2. The molecule has 1 aliphatic rings. The molecule has 4 aromatic carbocycles. The van der Waals surface area contributed by atoms with E-state index in [0.717, 1.165) is 5.56 Å². The van der Waals surface area contributed by atoms with Crippen LogP contribution in [-0.4, -0.2) is 20.9 Å². The van der Waals surface area contributed by atoms with Gasteiger partial charge in [-0.1, -0.05) is 78.3 Å². The number of rotatable bonds is 8. The summed E-state index contributed by atoms with van der Waals surface area (Å²) < 4.78 is 34.9. The molecule has 5 rings (SSSR count). The SMILES string of the molecule is C=CCN1c2ccc(Cl)cc2C(c2ccccc2)=C(C(=O)Nc2ccc(OCc3ccccc3)cc2)S1(=O)=O. The van der Waals surface area contributed by atoms with Crippen molar-refractivity contribution in [1.29, 1.82) is 0 Å². The summed E-state index contributed by atoms with van der Waals surface area (Å²) in [6.07, 6.45) is 1.48. The van der Waals surface area contributed by atoms with E-state index in [1.807, 2.05) is 36.4 Å². The van der Waals surface area contributed by atoms with Crippen LogP contribution in [0.2, 0.25) is 5.02 Å². The molecule has 6 nitrogen and oxygen atoms in total. The number of sulfonamides is 1. The Bertz CT molecular complexity index is 1650. The van der Waals surface area contributed by atoms with Crippen LogP contribution in [0.1, 0.15) is 16.7 Å². The molecular formula is C31H25ClN2O4S. The number of nitrogens with one attached hydrogen (secondary N) is 1. The van der Waals surface area contributed by atoms with Crippen molar-refractivity contribution in [3.8, 4) is 5.75 Å². The molecule has 196 valence electrons. The summed E-state index contributed by atoms with van der Waals surface area (Å²) in [4.78, 5) is 13.4. The maximum atomic E-state index is 13.9. The minimum absolute atomic E-state index is 0.0106. The third kappa shape index (κ3) is 5.46. The summed E-state index contributed by atoms with van der Waals surface area (Å²) in [7, 11) is -4.25. The normalized spacial score (nSPS) is 13.9. The van der Waals surface area contributed by atoms with Crippen LogP contribution in [0.4, 0.5) is 11.4 Å². The number of halogens is 1. The molecule has 8 heteroatoms. The van der Waals surface area contributed by atoms with E-state index in [-0.39, 0.29) is 17.0 Å². The van der Waals surface area contributed by atoms with Gasteiger partial charge >= 0.3 is 0 Å². The Kier molecular flexibility index (Phi) is 7.54. The van der Waals surface area contributed by atoms with E-state index in [2.05, 4.69) is 11.9 Å². The molecule has 0 fully saturated rings. The zero-order valence-corrected chi connectivity index (χ0v) is 22.5. The van der Waals surface area contributed by atoms with Gasteiger partial charge in [-0.25, -0.2) is 8.42 Å². The third-order valence-electron chi connectivity index (χ3n) is 6.20. The van der Waals surface area contributed by atoms with Gasteiger partial charge in [-0.2, -0.15) is 0 Å². The lowest BCUT2D eigenvalue weighted by atomic mass is 9.95. The monoisotopic (exact) mass is 556 g/mol. The summed E-state index contributed by atoms with van der Waals surface area (Å²) in [5.74, 6) is -0.140. The molecule has 0 saturated heterocycles. The number of carbonyl (C=O) groups is 1. The fourth-order valence-corrected chi connectivity index (χ4v) is 6.30. The van der Waals surface area contributed by atoms with Crippen molar-refractivity contribution in [1.82, 2.24) is 0 Å². The van der Waals surface area contributed by atoms with Gasteiger partial charge in [0.2, 0.25) is 0 Å². The zero-order chi connectivity index (χ0) is 27.4. The number of nitrogens with zero attached hydrogens (tertiary/aromatic N) is 1. The highest BCUT2D eigenvalue weighted by molar-refractivity contribution is 7.97. The minimum Gasteiger partial charge on any atom is -0.489 e. The molecule has 0 atom stereocenters. The van der Waals surface area contributed by atoms with Crippen molar-refractivity contribution in [2.75, 3.05) is 16.2 Å². The number of hydrogen-bond donors (Lipinski definition) is 1. The van der Waals surface area contributed by atoms with Gasteiger partial charge in [0.05, 0.1) is 12.2 Å². The lowest BCUT2D eigenvalue weighted by molar-refractivity contribution is -0.112. The van der Waals surface area contributed by atoms with Crippen molar-refractivity contribution >= 4 is 44.5 Å². The molecule has 39 heavy (non-hydrogen) atoms. The lowest BCUT2D eigenvalue weighted by Crippen LogP contribution is -2.39. The second-order valence-electron chi connectivity index (χ2n) is 8.81. The molecule has 1 heterocycles. The number of hydrogen-bond acceptors (Lipinski definition) is 4. The van der Waals surface area contributed by atoms with Gasteiger partial charge in [0, 0.05) is 21.8 Å². The smallest absolute Gasteiger partial charge is 0.270 e. The minimum atomic E-state index is -4.25. The van der Waals surface area contributed by atoms with Gasteiger partial charge in [0.15, 0.2) is 4.91 Å². The molecule has 4 aromatic rings. The van der Waals surface area contributed by atoms with Crippen LogP contribution < -0.4 is 14.4 Å². The predicted molar refractivity (Wildman–Crippen MR) is 156 cm³/mol. The largest absolute Gasteiger partial charge is 0.489 e. The van der Waals surface area contributed by atoms with Gasteiger partial charge in [0.1, 0.15) is 12.4 Å². The molecule has 1 aliphatic heterocycles. The Labute approximate surface area is 232 Å². The topological polar surface area (TPSA) is 75.7 Å². The summed E-state index contributed by atoms with van der Waals surface area (Å²) in [6, 6.07) is 30.4. The number of benzene rings is 4. The molecule has 0 bridgehead atoms. The average molecular weight is 557 g/mol. The zero-order valence-electron chi connectivity index (χ0n) is 20.9. The lowest BCUT2D eigenvalue weighted by Gasteiger charge is -2.33. The van der Waals surface area contributed by atoms with E-state index < -0.39 is 15.9 Å². The summed E-state index contributed by atoms with van der Waals surface area (Å²) in [6.45, 7) is 4.10. The molecule has 0 aromatic heterocycles. The predicted octanol–water partition coefficient (Wildman–Crippen LogP) is 6.65. The van der Waals surface area contributed by atoms with E-state index in [1.165, 1.54) is 10.4 Å². The number of fused-ring (bicyclic) bond motifs is 1. The first-order valence-electron chi connectivity index (χ1n) is 12.2. The Morgan fingerprint density at radius 2 is 1.59 bits per heavy atom. The molecular weight excluding hydrogens is 532 g/mol. The van der Waals surface area contributed by atoms with Crippen LogP contribution in [0.25, 0.3) is 5.57 Å². The van der Waals surface area contributed by atoms with E-state index in [4.69, 9.17) is 16.3 Å². The fraction of sp³-hybridized carbons (Fsp3) is 0.0645. The van der Waals surface area contributed by atoms with Crippen LogP contribution in [0.15, 0.2) is 121 Å². The van der Waals surface area contributed by atoms with Gasteiger partial charge in [-0.15, -0.1) is 6.58 Å². The van der Waals surface area contributed by atoms with Gasteiger partial charge in [-0.05, 0) is 53.6 Å². The van der Waals surface area contributed by atoms with Gasteiger partial charge in [0.25, 0.3) is 15.9 Å². The van der Waals surface area contributed by atoms with Crippen LogP contribution >= 0.6 is 11.6 Å². The highest BCUT2D eigenvalue weighted by Gasteiger charge is 2.41. The van der Waals surface area contributed by atoms with Crippen LogP contribution in [0, 0.1) is 0 Å². The Balaban J connectivity index is 1.52. The van der Waals surface area contributed by atoms with E-state index in [0.29, 0.717) is 39.9 Å². The van der Waals surface area contributed by atoms with Crippen LogP contribution in [-0.2, 0) is 21.4 Å². The molecule has 1 N–H and O–H groups in total. The first kappa shape index (κ1) is 26.3. The molecule has 0 radical (unpaired) electrons. The van der Waals surface area contributed by atoms with Crippen LogP contribution in [0.3, 0.4) is 0 Å². The van der Waals surface area contributed by atoms with E-state index >= 15 is 0 Å². The Morgan fingerprint density at radius 1 is 0.923 bits per heavy atom. The van der Waals surface area contributed by atoms with Crippen molar-refractivity contribution in [3.63, 3.8) is 0 Å². The highest BCUT2D eigenvalue weighted by Crippen LogP contribution is 2.44. The first-order chi connectivity index (χ1) is 18.9. The number of ether oxygens (including phenoxy) is 1. The molecule has 1 amide bonds. The highest BCUT2D eigenvalue weighted by atomic mass is 35.5. The fourth-order valence-electron chi connectivity index (χ4n) is 4.42. The third-order valence-corrected chi connectivity index (χ3v) is 8.26. The Morgan fingerprint density at radius 3 is 2.26 bits per heavy atom. The van der Waals surface area contributed by atoms with E-state index in [1.54, 1.807) is 66.7 Å². The number of amides is 1. The van der Waals surface area contributed by atoms with E-state index in [9.17, 15) is 13.2 Å². The number of anilines is 2. The van der Waals surface area contributed by atoms with Crippen molar-refractivity contribution in [3.05, 3.63) is 142 Å². The van der Waals surface area contributed by atoms with Gasteiger partial charge < -0.3 is 10.1 Å². The van der Waals surface area contributed by atoms with Crippen molar-refractivity contribution < 1.29 is 17.9 Å². The van der Waals surface area contributed by atoms with Gasteiger partial charge in [-0.3, -0.25) is 9.10 Å². The Hall–Kier alpha value is -4.33. The molecule has 0 saturated carbocycles. The first-order valence-corrected chi connectivity index (χ1v) is 14.0. The van der Waals surface area contributed by atoms with Crippen molar-refractivity contribution in [2.45, 2.75) is 6.61 Å².